The van der Waals surface area contributed by atoms with Gasteiger partial charge in [-0.05, 0) is 55.0 Å². The number of fused-ring (bicyclic) bond motifs is 5. The number of carbonyl (C=O) groups excluding carboxylic acids is 9. The van der Waals surface area contributed by atoms with Gasteiger partial charge in [-0.15, -0.1) is 11.8 Å². The highest BCUT2D eigenvalue weighted by Gasteiger charge is 2.49. The number of hydrogen-bond donors (Lipinski definition) is 14. The van der Waals surface area contributed by atoms with Crippen molar-refractivity contribution in [3.05, 3.63) is 135 Å². The zero-order valence-corrected chi connectivity index (χ0v) is 57.1. The number of ether oxygens (including phenoxy) is 2. The first-order chi connectivity index (χ1) is 48.7. The number of carboxylic acid groups (broad SMARTS) is 5. The van der Waals surface area contributed by atoms with Crippen LogP contribution in [0.25, 0.3) is 22.3 Å². The van der Waals surface area contributed by atoms with Crippen LogP contribution in [0.15, 0.2) is 102 Å². The van der Waals surface area contributed by atoms with Crippen LogP contribution in [0.4, 0.5) is 9.59 Å². The number of aliphatic carboxylic acids is 5. The molecule has 8 atom stereocenters. The molecule has 2 aliphatic rings. The number of thioether (sulfide) groups is 1. The maximum atomic E-state index is 14.2. The molecule has 36 heteroatoms. The third-order valence-corrected chi connectivity index (χ3v) is 19.3. The van der Waals surface area contributed by atoms with Crippen molar-refractivity contribution in [1.29, 1.82) is 0 Å². The molecular formula is C66H75N11O22S3. The Morgan fingerprint density at radius 2 is 1.22 bits per heavy atom. The molecule has 1 unspecified atom stereocenters. The largest absolute Gasteiger partial charge is 0.509 e. The van der Waals surface area contributed by atoms with Crippen LogP contribution < -0.4 is 53.8 Å². The van der Waals surface area contributed by atoms with Gasteiger partial charge in [-0.1, -0.05) is 107 Å². The predicted octanol–water partition coefficient (Wildman–Crippen LogP) is 1.17. The molecule has 15 N–H and O–H groups in total. The molecule has 102 heavy (non-hydrogen) atoms. The maximum Gasteiger partial charge on any atom is 0.509 e. The number of carbonyl (C=O) groups is 14. The Morgan fingerprint density at radius 3 is 1.83 bits per heavy atom. The number of para-hydroxylation sites is 1. The van der Waals surface area contributed by atoms with Crippen LogP contribution in [-0.4, -0.2) is 197 Å². The molecule has 0 saturated carbocycles. The van der Waals surface area contributed by atoms with E-state index in [1.54, 1.807) is 78.2 Å². The molecule has 3 aromatic carbocycles. The Morgan fingerprint density at radius 1 is 0.627 bits per heavy atom. The molecule has 0 spiro atoms. The number of rotatable bonds is 39. The van der Waals surface area contributed by atoms with Crippen molar-refractivity contribution in [2.24, 2.45) is 5.73 Å². The van der Waals surface area contributed by atoms with Gasteiger partial charge in [-0.25, -0.2) is 29.0 Å². The predicted molar refractivity (Wildman–Crippen MR) is 368 cm³/mol. The third kappa shape index (κ3) is 22.5. The molecule has 0 saturated heterocycles. The number of nitrogens with one attached hydrogen (secondary N) is 8. The number of amides is 8. The normalized spacial score (nSPS) is 15.5. The van der Waals surface area contributed by atoms with Gasteiger partial charge in [0.1, 0.15) is 48.9 Å². The van der Waals surface area contributed by atoms with E-state index >= 15 is 0 Å². The lowest BCUT2D eigenvalue weighted by Crippen LogP contribution is -2.58. The molecular weight excluding hydrogens is 1390 g/mol. The summed E-state index contributed by atoms with van der Waals surface area (Å²) >= 11 is 0.888. The van der Waals surface area contributed by atoms with E-state index in [-0.39, 0.29) is 79.5 Å². The number of pyridine rings is 2. The number of ketones is 1. The molecule has 5 aromatic rings. The molecule has 544 valence electrons. The number of carboxylic acids is 5. The van der Waals surface area contributed by atoms with E-state index in [0.29, 0.717) is 33.6 Å². The Hall–Kier alpha value is -10.6. The first-order valence-electron chi connectivity index (χ1n) is 31.8. The first-order valence-corrected chi connectivity index (χ1v) is 35.5. The van der Waals surface area contributed by atoms with E-state index in [1.165, 1.54) is 0 Å². The fourth-order valence-electron chi connectivity index (χ4n) is 10.9. The van der Waals surface area contributed by atoms with Crippen LogP contribution in [-0.2, 0) is 98.4 Å². The zero-order chi connectivity index (χ0) is 74.2. The van der Waals surface area contributed by atoms with E-state index in [1.807, 2.05) is 41.0 Å². The van der Waals surface area contributed by atoms with Crippen LogP contribution in [0, 0.1) is 0 Å². The fraction of sp³-hybridized carbons (Fsp3) is 0.394. The Kier molecular flexibility index (Phi) is 29.1. The molecule has 33 nitrogen and oxygen atoms in total. The summed E-state index contributed by atoms with van der Waals surface area (Å²) in [6.07, 6.45) is -4.42. The van der Waals surface area contributed by atoms with Gasteiger partial charge in [0.05, 0.1) is 41.5 Å². The summed E-state index contributed by atoms with van der Waals surface area (Å²) in [6.45, 7) is 0.975. The quantitative estimate of drug-likeness (QED) is 0.0111. The number of nitrogens with two attached hydrogens (primary N) is 1. The van der Waals surface area contributed by atoms with Crippen molar-refractivity contribution in [1.82, 2.24) is 52.1 Å². The monoisotopic (exact) mass is 1470 g/mol. The van der Waals surface area contributed by atoms with Crippen molar-refractivity contribution in [3.63, 3.8) is 0 Å². The van der Waals surface area contributed by atoms with Crippen molar-refractivity contribution in [2.75, 3.05) is 36.3 Å². The minimum atomic E-state index is -1.89. The molecule has 0 bridgehead atoms. The highest BCUT2D eigenvalue weighted by molar-refractivity contribution is 8.76. The molecule has 3 heterocycles. The van der Waals surface area contributed by atoms with Gasteiger partial charge in [0, 0.05) is 72.2 Å². The van der Waals surface area contributed by atoms with Crippen LogP contribution in [0.3, 0.4) is 0 Å². The van der Waals surface area contributed by atoms with E-state index < -0.39 is 170 Å². The topological polar surface area (TPSA) is 516 Å². The number of Topliss-reactive ketones (excluding diaryl/α,β-unsaturated/α-hetero) is 1. The van der Waals surface area contributed by atoms with Crippen molar-refractivity contribution in [2.45, 2.75) is 126 Å². The molecule has 1 aliphatic heterocycles. The van der Waals surface area contributed by atoms with E-state index in [0.717, 1.165) is 44.3 Å². The Balaban J connectivity index is 0.877. The summed E-state index contributed by atoms with van der Waals surface area (Å²) < 4.78 is 12.8. The van der Waals surface area contributed by atoms with Gasteiger partial charge in [0.15, 0.2) is 11.4 Å². The summed E-state index contributed by atoms with van der Waals surface area (Å²) in [5, 5.41) is 67.0. The second kappa shape index (κ2) is 37.7. The second-order valence-corrected chi connectivity index (χ2v) is 27.0. The van der Waals surface area contributed by atoms with Crippen LogP contribution in [0.5, 0.6) is 0 Å². The molecule has 8 amide bonds. The van der Waals surface area contributed by atoms with E-state index in [2.05, 4.69) is 31.9 Å². The average Bonchev–Trinajstić information content (AvgIpc) is 1.44. The van der Waals surface area contributed by atoms with Gasteiger partial charge in [-0.3, -0.25) is 47.9 Å². The summed E-state index contributed by atoms with van der Waals surface area (Å²) in [5.74, 6) is -14.3. The lowest BCUT2D eigenvalue weighted by molar-refractivity contribution is -0.144. The molecule has 2 aromatic heterocycles. The number of benzene rings is 3. The van der Waals surface area contributed by atoms with Gasteiger partial charge in [0.25, 0.3) is 5.56 Å². The Bertz CT molecular complexity index is 4040. The van der Waals surface area contributed by atoms with Crippen molar-refractivity contribution >= 4 is 128 Å². The smallest absolute Gasteiger partial charge is 0.481 e. The average molecular weight is 1470 g/mol. The standard InChI is InChI=1S/C66H75N11O22S3/c1-2-66(40-28-49-55-38(27-37-15-9-10-16-42(37)71-55)31-77(49)60(89)39(40)17-20-50(66)78)99-65(97)98-23-24-101-102-32-48(63(94)95)74-59(88)47(29-54(83)84)72-56(85)41(67)30-68-57(86)45(25-35-11-5-3-6-12-35)73-58(87)46(26-36-13-7-4-8-14-36)70-52(80)33-100-34-69-51(79)21-18-43(61(90)91)75-64(96)76-44(62(92)93)19-22-53(81)82/h3-16,27-28,41,43-48H,2,17-26,29-34,67H2,1H3,(H,68,86)(H,69,79)(H,70,80)(H,72,85)(H,73,87)(H,74,88)(H,81,82)(H,83,84)(H,90,91)(H,92,93)(H,94,95)(H2,75,76,96)/t41-,43?,44-,45-,46-,47-,48-,66-/m0/s1. The van der Waals surface area contributed by atoms with Gasteiger partial charge >= 0.3 is 42.0 Å². The fourth-order valence-corrected chi connectivity index (χ4v) is 13.5. The summed E-state index contributed by atoms with van der Waals surface area (Å²) in [4.78, 5) is 198. The van der Waals surface area contributed by atoms with Gasteiger partial charge < -0.3 is 87.8 Å². The summed E-state index contributed by atoms with van der Waals surface area (Å²) in [5.41, 5.74) is 8.30. The Labute approximate surface area is 593 Å². The molecule has 1 aliphatic carbocycles. The number of aromatic nitrogens is 2. The third-order valence-electron chi connectivity index (χ3n) is 16.1. The lowest BCUT2D eigenvalue weighted by Gasteiger charge is -2.36. The second-order valence-electron chi connectivity index (χ2n) is 23.3. The molecule has 0 radical (unpaired) electrons. The maximum absolute atomic E-state index is 14.2. The minimum absolute atomic E-state index is 0.0156. The molecule has 7 rings (SSSR count). The number of urea groups is 1. The van der Waals surface area contributed by atoms with Gasteiger partial charge in [0.2, 0.25) is 35.4 Å². The summed E-state index contributed by atoms with van der Waals surface area (Å²) in [7, 11) is 1.95. The lowest BCUT2D eigenvalue weighted by atomic mass is 9.76. The van der Waals surface area contributed by atoms with E-state index in [4.69, 9.17) is 25.3 Å². The highest BCUT2D eigenvalue weighted by atomic mass is 33.1. The van der Waals surface area contributed by atoms with E-state index in [9.17, 15) is 92.3 Å². The van der Waals surface area contributed by atoms with Crippen LogP contribution in [0.2, 0.25) is 0 Å². The number of hydrogen-bond acceptors (Lipinski definition) is 22. The highest BCUT2D eigenvalue weighted by Crippen LogP contribution is 2.42. The summed E-state index contributed by atoms with van der Waals surface area (Å²) in [6, 6.07) is 15.5. The number of nitrogens with zero attached hydrogens (tertiary/aromatic N) is 2. The SMILES string of the molecule is CC[C@@]1(OC(=O)OCCSSC[C@H](NC(=O)[C@H](CC(=O)O)NC(=O)[C@@H](N)CNC(=O)[C@H](Cc2ccccc2)NC(=O)[C@H](Cc2ccccc2)NC(=O)CSCNC(=O)CCC(NC(=O)N[C@@H](CCC(=O)O)C(=O)O)C(=O)O)C(=O)O)C(=O)CCc2c1cc1n(c2=O)Cc2cc3ccccc3nc2-1. The van der Waals surface area contributed by atoms with Crippen LogP contribution >= 0.6 is 33.3 Å². The van der Waals surface area contributed by atoms with Gasteiger partial charge in [-0.2, -0.15) is 0 Å². The first kappa shape index (κ1) is 78.7. The minimum Gasteiger partial charge on any atom is -0.481 e. The van der Waals surface area contributed by atoms with Crippen LogP contribution in [0.1, 0.15) is 79.7 Å². The molecule has 0 fully saturated rings. The zero-order valence-electron chi connectivity index (χ0n) is 54.7. The van der Waals surface area contributed by atoms with Crippen molar-refractivity contribution in [3.8, 4) is 11.4 Å². The van der Waals surface area contributed by atoms with Crippen molar-refractivity contribution < 1.29 is 102 Å².